The Labute approximate surface area is 573 Å². The molecule has 7 atom stereocenters. The van der Waals surface area contributed by atoms with Gasteiger partial charge in [0.25, 0.3) is 0 Å². The predicted molar refractivity (Wildman–Crippen MR) is 381 cm³/mol. The van der Waals surface area contributed by atoms with Crippen LogP contribution in [0.15, 0.2) is 24.3 Å². The Kier molecular flexibility index (Phi) is 64.7. The highest BCUT2D eigenvalue weighted by Crippen LogP contribution is 2.45. The van der Waals surface area contributed by atoms with E-state index >= 15 is 0 Å². The first kappa shape index (κ1) is 91.5. The zero-order valence-electron chi connectivity index (χ0n) is 60.7. The normalized spacial score (nSPS) is 14.8. The number of carbonyl (C=O) groups is 4. The number of rotatable bonds is 72. The van der Waals surface area contributed by atoms with Gasteiger partial charge in [-0.3, -0.25) is 37.3 Å². The fraction of sp³-hybridized carbons (Fsp3) is 0.893. The third-order valence-electron chi connectivity index (χ3n) is 17.6. The smallest absolute Gasteiger partial charge is 0.462 e. The van der Waals surface area contributed by atoms with Crippen LogP contribution in [0.2, 0.25) is 0 Å². The standard InChI is InChI=1S/C75H142O17P2/c1-7-11-13-15-17-18-19-20-21-25-28-34-40-46-52-58-73(78)86-64-71(92-74(79)59-53-47-41-35-29-26-23-22-24-27-32-38-43-49-55-67(5)9-3)66-90-94(83,84)88-62-69(76)61-87-93(81,82)89-65-70(63-85-72(77)57-51-45-37-16-14-12-8-2)91-75(80)60-54-48-42-36-31-30-33-39-44-50-56-68(6)10-4/h18-21,67-71,76H,7-17,22-66H2,1-6H3,(H,81,82)(H,83,84)/b19-18-,21-20-/t67?,68?,69-,70+,71+/m0/s1. The summed E-state index contributed by atoms with van der Waals surface area (Å²) in [6.45, 7) is 9.55. The zero-order chi connectivity index (χ0) is 69.3. The lowest BCUT2D eigenvalue weighted by Crippen LogP contribution is -2.30. The first-order valence-electron chi connectivity index (χ1n) is 38.4. The van der Waals surface area contributed by atoms with E-state index in [-0.39, 0.29) is 25.7 Å². The lowest BCUT2D eigenvalue weighted by atomic mass is 9.99. The van der Waals surface area contributed by atoms with Gasteiger partial charge >= 0.3 is 39.5 Å². The van der Waals surface area contributed by atoms with E-state index in [4.69, 9.17) is 37.0 Å². The quantitative estimate of drug-likeness (QED) is 0.0169. The molecule has 0 aliphatic rings. The average molecular weight is 1380 g/mol. The fourth-order valence-corrected chi connectivity index (χ4v) is 12.5. The van der Waals surface area contributed by atoms with Crippen LogP contribution in [0.1, 0.15) is 363 Å². The predicted octanol–water partition coefficient (Wildman–Crippen LogP) is 21.5. The van der Waals surface area contributed by atoms with Crippen molar-refractivity contribution in [3.05, 3.63) is 24.3 Å². The summed E-state index contributed by atoms with van der Waals surface area (Å²) in [6, 6.07) is 0. The van der Waals surface area contributed by atoms with E-state index < -0.39 is 97.5 Å². The Balaban J connectivity index is 5.24. The summed E-state index contributed by atoms with van der Waals surface area (Å²) in [7, 11) is -9.92. The Morgan fingerprint density at radius 2 is 0.596 bits per heavy atom. The van der Waals surface area contributed by atoms with Crippen molar-refractivity contribution in [2.75, 3.05) is 39.6 Å². The van der Waals surface area contributed by atoms with Gasteiger partial charge in [-0.25, -0.2) is 9.13 Å². The highest BCUT2D eigenvalue weighted by atomic mass is 31.2. The first-order valence-corrected chi connectivity index (χ1v) is 41.4. The van der Waals surface area contributed by atoms with Crippen molar-refractivity contribution in [2.45, 2.75) is 381 Å². The Morgan fingerprint density at radius 1 is 0.340 bits per heavy atom. The lowest BCUT2D eigenvalue weighted by Gasteiger charge is -2.21. The van der Waals surface area contributed by atoms with Gasteiger partial charge in [-0.05, 0) is 63.2 Å². The highest BCUT2D eigenvalue weighted by Gasteiger charge is 2.30. The van der Waals surface area contributed by atoms with E-state index in [0.717, 1.165) is 134 Å². The minimum absolute atomic E-state index is 0.101. The summed E-state index contributed by atoms with van der Waals surface area (Å²) in [5.41, 5.74) is 0. The second kappa shape index (κ2) is 66.4. The molecule has 4 unspecified atom stereocenters. The van der Waals surface area contributed by atoms with Gasteiger partial charge in [0.05, 0.1) is 26.4 Å². The summed E-state index contributed by atoms with van der Waals surface area (Å²) >= 11 is 0. The molecular weight excluding hydrogens is 1230 g/mol. The van der Waals surface area contributed by atoms with Gasteiger partial charge < -0.3 is 33.8 Å². The number of hydrogen-bond donors (Lipinski definition) is 3. The minimum Gasteiger partial charge on any atom is -0.462 e. The molecule has 0 radical (unpaired) electrons. The molecule has 0 aromatic rings. The number of hydrogen-bond acceptors (Lipinski definition) is 15. The van der Waals surface area contributed by atoms with Crippen molar-refractivity contribution in [3.63, 3.8) is 0 Å². The fourth-order valence-electron chi connectivity index (χ4n) is 10.9. The number of esters is 4. The van der Waals surface area contributed by atoms with Gasteiger partial charge in [-0.15, -0.1) is 0 Å². The van der Waals surface area contributed by atoms with Crippen molar-refractivity contribution < 1.29 is 80.2 Å². The van der Waals surface area contributed by atoms with Crippen molar-refractivity contribution in [3.8, 4) is 0 Å². The van der Waals surface area contributed by atoms with Crippen LogP contribution in [0.3, 0.4) is 0 Å². The summed E-state index contributed by atoms with van der Waals surface area (Å²) < 4.78 is 68.3. The summed E-state index contributed by atoms with van der Waals surface area (Å²) in [5, 5.41) is 10.6. The van der Waals surface area contributed by atoms with E-state index in [2.05, 4.69) is 65.8 Å². The number of phosphoric acid groups is 2. The molecule has 3 N–H and O–H groups in total. The van der Waals surface area contributed by atoms with Crippen LogP contribution in [-0.4, -0.2) is 96.7 Å². The number of ether oxygens (including phenoxy) is 4. The second-order valence-electron chi connectivity index (χ2n) is 26.8. The number of carbonyl (C=O) groups excluding carboxylic acids is 4. The van der Waals surface area contributed by atoms with Crippen LogP contribution in [0.4, 0.5) is 0 Å². The number of unbranched alkanes of at least 4 members (excludes halogenated alkanes) is 37. The van der Waals surface area contributed by atoms with Gasteiger partial charge in [-0.2, -0.15) is 0 Å². The Morgan fingerprint density at radius 3 is 0.904 bits per heavy atom. The molecule has 0 aliphatic carbocycles. The highest BCUT2D eigenvalue weighted by molar-refractivity contribution is 7.47. The molecule has 554 valence electrons. The van der Waals surface area contributed by atoms with E-state index in [0.29, 0.717) is 25.7 Å². The maximum absolute atomic E-state index is 13.1. The molecule has 0 aromatic heterocycles. The van der Waals surface area contributed by atoms with E-state index in [1.807, 2.05) is 0 Å². The molecule has 17 nitrogen and oxygen atoms in total. The second-order valence-corrected chi connectivity index (χ2v) is 29.7. The van der Waals surface area contributed by atoms with Crippen LogP contribution in [0.5, 0.6) is 0 Å². The largest absolute Gasteiger partial charge is 0.472 e. The van der Waals surface area contributed by atoms with E-state index in [1.165, 1.54) is 148 Å². The molecule has 0 aromatic carbocycles. The van der Waals surface area contributed by atoms with Gasteiger partial charge in [-0.1, -0.05) is 310 Å². The zero-order valence-corrected chi connectivity index (χ0v) is 62.5. The molecule has 0 heterocycles. The molecule has 0 saturated carbocycles. The first-order chi connectivity index (χ1) is 45.4. The van der Waals surface area contributed by atoms with Gasteiger partial charge in [0.1, 0.15) is 19.3 Å². The molecule has 0 saturated heterocycles. The number of aliphatic hydroxyl groups excluding tert-OH is 1. The number of allylic oxidation sites excluding steroid dienone is 4. The maximum atomic E-state index is 13.1. The van der Waals surface area contributed by atoms with Crippen LogP contribution in [-0.2, 0) is 65.4 Å². The van der Waals surface area contributed by atoms with E-state index in [9.17, 15) is 43.2 Å². The topological polar surface area (TPSA) is 237 Å². The molecule has 0 bridgehead atoms. The molecule has 0 aliphatic heterocycles. The van der Waals surface area contributed by atoms with Crippen molar-refractivity contribution in [1.29, 1.82) is 0 Å². The molecule has 0 rings (SSSR count). The summed E-state index contributed by atoms with van der Waals surface area (Å²) in [4.78, 5) is 72.6. The van der Waals surface area contributed by atoms with Crippen LogP contribution >= 0.6 is 15.6 Å². The Bertz CT molecular complexity index is 1920. The van der Waals surface area contributed by atoms with Crippen LogP contribution in [0.25, 0.3) is 0 Å². The van der Waals surface area contributed by atoms with Crippen molar-refractivity contribution in [1.82, 2.24) is 0 Å². The summed E-state index contributed by atoms with van der Waals surface area (Å²) in [5.74, 6) is -0.506. The maximum Gasteiger partial charge on any atom is 0.472 e. The average Bonchev–Trinajstić information content (AvgIpc) is 1.40. The Hall–Kier alpha value is -2.46. The van der Waals surface area contributed by atoms with Gasteiger partial charge in [0.2, 0.25) is 0 Å². The summed E-state index contributed by atoms with van der Waals surface area (Å²) in [6.07, 6.45) is 56.3. The van der Waals surface area contributed by atoms with Crippen LogP contribution in [0, 0.1) is 11.8 Å². The molecule has 0 spiro atoms. The molecule has 19 heteroatoms. The van der Waals surface area contributed by atoms with E-state index in [1.54, 1.807) is 0 Å². The number of phosphoric ester groups is 2. The third-order valence-corrected chi connectivity index (χ3v) is 19.5. The third kappa shape index (κ3) is 65.5. The van der Waals surface area contributed by atoms with Gasteiger partial charge in [0.15, 0.2) is 12.2 Å². The molecule has 0 fully saturated rings. The number of aliphatic hydroxyl groups is 1. The van der Waals surface area contributed by atoms with Crippen molar-refractivity contribution in [2.24, 2.45) is 11.8 Å². The minimum atomic E-state index is -4.96. The van der Waals surface area contributed by atoms with Crippen molar-refractivity contribution >= 4 is 39.5 Å². The molecule has 0 amide bonds. The SMILES string of the molecule is CCCCCC/C=C\C=C/CCCCCCCC(=O)OC[C@H](COP(=O)(O)OC[C@@H](O)COP(=O)(O)OC[C@@H](COC(=O)CCCCCCCCC)OC(=O)CCCCCCCCCCCCC(C)CC)OC(=O)CCCCCCCCCCCCCCCCC(C)CC. The van der Waals surface area contributed by atoms with Gasteiger partial charge in [0, 0.05) is 25.7 Å². The monoisotopic (exact) mass is 1380 g/mol. The molecule has 94 heavy (non-hydrogen) atoms. The van der Waals surface area contributed by atoms with Crippen LogP contribution < -0.4 is 0 Å². The lowest BCUT2D eigenvalue weighted by molar-refractivity contribution is -0.161. The molecular formula is C75H142O17P2.